The lowest BCUT2D eigenvalue weighted by Gasteiger charge is -2.33. The Bertz CT molecular complexity index is 371. The third-order valence-corrected chi connectivity index (χ3v) is 6.00. The van der Waals surface area contributed by atoms with E-state index in [0.717, 1.165) is 38.8 Å². The number of nitrogens with one attached hydrogen (secondary N) is 1. The molecule has 0 bridgehead atoms. The van der Waals surface area contributed by atoms with Crippen LogP contribution in [-0.4, -0.2) is 56.0 Å². The van der Waals surface area contributed by atoms with Crippen LogP contribution in [0.3, 0.4) is 0 Å². The Kier molecular flexibility index (Phi) is 6.95. The molecule has 0 saturated heterocycles. The molecular weight excluding hydrogens is 272 g/mol. The van der Waals surface area contributed by atoms with Crippen LogP contribution in [0.2, 0.25) is 0 Å². The van der Waals surface area contributed by atoms with Crippen LogP contribution in [0.5, 0.6) is 0 Å². The maximum atomic E-state index is 11.7. The number of hydrogen-bond acceptors (Lipinski definition) is 4. The van der Waals surface area contributed by atoms with Crippen molar-refractivity contribution in [3.05, 3.63) is 0 Å². The molecule has 0 radical (unpaired) electrons. The van der Waals surface area contributed by atoms with Crippen molar-refractivity contribution >= 4 is 9.84 Å². The molecule has 1 rings (SSSR count). The van der Waals surface area contributed by atoms with Crippen molar-refractivity contribution in [1.29, 1.82) is 0 Å². The first kappa shape index (κ1) is 17.9. The summed E-state index contributed by atoms with van der Waals surface area (Å²) in [6.07, 6.45) is 5.12. The van der Waals surface area contributed by atoms with Crippen LogP contribution in [0.1, 0.15) is 53.4 Å². The minimum Gasteiger partial charge on any atom is -0.313 e. The molecule has 0 amide bonds. The first-order valence-electron chi connectivity index (χ1n) is 7.89. The molecule has 5 heteroatoms. The van der Waals surface area contributed by atoms with Gasteiger partial charge in [-0.3, -0.25) is 4.90 Å². The highest BCUT2D eigenvalue weighted by molar-refractivity contribution is 7.91. The molecule has 1 N–H and O–H groups in total. The fourth-order valence-corrected chi connectivity index (χ4v) is 4.41. The maximum absolute atomic E-state index is 11.7. The van der Waals surface area contributed by atoms with Gasteiger partial charge < -0.3 is 5.32 Å². The van der Waals surface area contributed by atoms with Crippen LogP contribution in [0.4, 0.5) is 0 Å². The van der Waals surface area contributed by atoms with E-state index in [1.807, 2.05) is 0 Å². The summed E-state index contributed by atoms with van der Waals surface area (Å²) in [6.45, 7) is 10.9. The van der Waals surface area contributed by atoms with Gasteiger partial charge in [-0.25, -0.2) is 8.42 Å². The Hall–Kier alpha value is -0.130. The van der Waals surface area contributed by atoms with Gasteiger partial charge in [-0.2, -0.15) is 0 Å². The number of hydrogen-bond donors (Lipinski definition) is 1. The first-order chi connectivity index (χ1) is 9.21. The zero-order valence-electron chi connectivity index (χ0n) is 13.7. The zero-order chi connectivity index (χ0) is 15.3. The molecule has 20 heavy (non-hydrogen) atoms. The van der Waals surface area contributed by atoms with Crippen LogP contribution in [0.25, 0.3) is 0 Å². The normalized spacial score (nSPS) is 24.8. The lowest BCUT2D eigenvalue weighted by molar-refractivity contribution is 0.172. The average Bonchev–Trinajstić information content (AvgIpc) is 2.33. The Morgan fingerprint density at radius 3 is 2.25 bits per heavy atom. The second-order valence-electron chi connectivity index (χ2n) is 6.69. The van der Waals surface area contributed by atoms with Gasteiger partial charge in [-0.1, -0.05) is 6.42 Å². The molecular formula is C15H32N2O2S. The van der Waals surface area contributed by atoms with E-state index in [4.69, 9.17) is 0 Å². The molecule has 1 saturated carbocycles. The fraction of sp³-hybridized carbons (Fsp3) is 1.00. The predicted octanol–water partition coefficient (Wildman–Crippen LogP) is 2.05. The highest BCUT2D eigenvalue weighted by Crippen LogP contribution is 2.23. The average molecular weight is 305 g/mol. The molecule has 0 aromatic heterocycles. The molecule has 0 aromatic rings. The Balaban J connectivity index is 2.38. The maximum Gasteiger partial charge on any atom is 0.150 e. The van der Waals surface area contributed by atoms with E-state index in [-0.39, 0.29) is 5.25 Å². The summed E-state index contributed by atoms with van der Waals surface area (Å²) in [5.74, 6) is 0. The van der Waals surface area contributed by atoms with Gasteiger partial charge in [0.15, 0.2) is 0 Å². The van der Waals surface area contributed by atoms with Crippen LogP contribution < -0.4 is 5.32 Å². The van der Waals surface area contributed by atoms with Gasteiger partial charge in [0, 0.05) is 37.5 Å². The summed E-state index contributed by atoms with van der Waals surface area (Å²) in [5, 5.41) is 3.42. The lowest BCUT2D eigenvalue weighted by atomic mass is 9.95. The van der Waals surface area contributed by atoms with Crippen molar-refractivity contribution < 1.29 is 8.42 Å². The first-order valence-corrected chi connectivity index (χ1v) is 9.85. The van der Waals surface area contributed by atoms with E-state index in [1.54, 1.807) is 0 Å². The van der Waals surface area contributed by atoms with Gasteiger partial charge >= 0.3 is 0 Å². The van der Waals surface area contributed by atoms with Crippen LogP contribution in [0.15, 0.2) is 0 Å². The van der Waals surface area contributed by atoms with Gasteiger partial charge in [0.05, 0.1) is 5.25 Å². The van der Waals surface area contributed by atoms with Gasteiger partial charge in [-0.15, -0.1) is 0 Å². The standard InChI is InChI=1S/C15H32N2O2S/c1-12(2)17(13(3)4)10-9-16-14-7-6-8-15(11-14)20(5,18)19/h12-16H,6-11H2,1-5H3. The SMILES string of the molecule is CC(C)N(CCNC1CCCC(S(C)(=O)=O)C1)C(C)C. The molecule has 0 aliphatic heterocycles. The lowest BCUT2D eigenvalue weighted by Crippen LogP contribution is -2.45. The van der Waals surface area contributed by atoms with E-state index in [1.165, 1.54) is 6.26 Å². The molecule has 0 aromatic carbocycles. The summed E-state index contributed by atoms with van der Waals surface area (Å²) in [4.78, 5) is 2.46. The molecule has 0 heterocycles. The van der Waals surface area contributed by atoms with E-state index < -0.39 is 9.84 Å². The smallest absolute Gasteiger partial charge is 0.150 e. The van der Waals surface area contributed by atoms with Crippen molar-refractivity contribution in [3.8, 4) is 0 Å². The third kappa shape index (κ3) is 5.70. The van der Waals surface area contributed by atoms with Crippen LogP contribution >= 0.6 is 0 Å². The third-order valence-electron chi connectivity index (χ3n) is 4.36. The van der Waals surface area contributed by atoms with Crippen molar-refractivity contribution in [2.75, 3.05) is 19.3 Å². The topological polar surface area (TPSA) is 49.4 Å². The Labute approximate surface area is 125 Å². The van der Waals surface area contributed by atoms with Crippen molar-refractivity contribution in [2.45, 2.75) is 76.8 Å². The van der Waals surface area contributed by atoms with Crippen molar-refractivity contribution in [1.82, 2.24) is 10.2 Å². The minimum absolute atomic E-state index is 0.139. The molecule has 4 nitrogen and oxygen atoms in total. The molecule has 1 fully saturated rings. The summed E-state index contributed by atoms with van der Waals surface area (Å²) < 4.78 is 23.3. The molecule has 1 aliphatic carbocycles. The second kappa shape index (κ2) is 7.76. The van der Waals surface area contributed by atoms with Gasteiger partial charge in [0.25, 0.3) is 0 Å². The number of rotatable bonds is 7. The van der Waals surface area contributed by atoms with Crippen molar-refractivity contribution in [3.63, 3.8) is 0 Å². The summed E-state index contributed by atoms with van der Waals surface area (Å²) in [6, 6.07) is 1.46. The molecule has 2 unspecified atom stereocenters. The molecule has 1 aliphatic rings. The fourth-order valence-electron chi connectivity index (χ4n) is 3.23. The summed E-state index contributed by atoms with van der Waals surface area (Å²) >= 11 is 0. The van der Waals surface area contributed by atoms with Crippen molar-refractivity contribution in [2.24, 2.45) is 0 Å². The minimum atomic E-state index is -2.88. The highest BCUT2D eigenvalue weighted by atomic mass is 32.2. The second-order valence-corrected chi connectivity index (χ2v) is 9.02. The molecule has 2 atom stereocenters. The quantitative estimate of drug-likeness (QED) is 0.782. The van der Waals surface area contributed by atoms with E-state index in [2.05, 4.69) is 37.9 Å². The zero-order valence-corrected chi connectivity index (χ0v) is 14.5. The molecule has 0 spiro atoms. The van der Waals surface area contributed by atoms with Crippen LogP contribution in [0, 0.1) is 0 Å². The number of nitrogens with zero attached hydrogens (tertiary/aromatic N) is 1. The van der Waals surface area contributed by atoms with Gasteiger partial charge in [0.1, 0.15) is 9.84 Å². The van der Waals surface area contributed by atoms with E-state index in [9.17, 15) is 8.42 Å². The largest absolute Gasteiger partial charge is 0.313 e. The Morgan fingerprint density at radius 1 is 1.15 bits per heavy atom. The van der Waals surface area contributed by atoms with E-state index >= 15 is 0 Å². The predicted molar refractivity (Wildman–Crippen MR) is 85.9 cm³/mol. The summed E-state index contributed by atoms with van der Waals surface area (Å²) in [7, 11) is -2.88. The number of sulfone groups is 1. The van der Waals surface area contributed by atoms with Crippen LogP contribution in [-0.2, 0) is 9.84 Å². The highest BCUT2D eigenvalue weighted by Gasteiger charge is 2.28. The molecule has 120 valence electrons. The van der Waals surface area contributed by atoms with Gasteiger partial charge in [0.2, 0.25) is 0 Å². The van der Waals surface area contributed by atoms with E-state index in [0.29, 0.717) is 18.1 Å². The summed E-state index contributed by atoms with van der Waals surface area (Å²) in [5.41, 5.74) is 0. The Morgan fingerprint density at radius 2 is 1.75 bits per heavy atom. The monoisotopic (exact) mass is 304 g/mol. The van der Waals surface area contributed by atoms with Gasteiger partial charge in [-0.05, 0) is 47.0 Å².